The molecule has 3 N–H and O–H groups in total. The van der Waals surface area contributed by atoms with Crippen molar-refractivity contribution in [1.82, 2.24) is 0 Å². The Morgan fingerprint density at radius 3 is 2.61 bits per heavy atom. The first-order chi connectivity index (χ1) is 15.1. The van der Waals surface area contributed by atoms with Crippen LogP contribution in [0, 0.1) is 5.92 Å². The average Bonchev–Trinajstić information content (AvgIpc) is 2.94. The molecule has 4 atom stereocenters. The van der Waals surface area contributed by atoms with Gasteiger partial charge in [0.1, 0.15) is 11.5 Å². The summed E-state index contributed by atoms with van der Waals surface area (Å²) in [6.45, 7) is 2.26. The molecule has 0 amide bonds. The highest BCUT2D eigenvalue weighted by Crippen LogP contribution is 2.43. The van der Waals surface area contributed by atoms with Crippen LogP contribution in [-0.2, 0) is 6.42 Å². The quantitative estimate of drug-likeness (QED) is 0.433. The van der Waals surface area contributed by atoms with Gasteiger partial charge in [-0.25, -0.2) is 0 Å². The number of hydrogen-bond donors (Lipinski definition) is 3. The summed E-state index contributed by atoms with van der Waals surface area (Å²) >= 11 is 0. The van der Waals surface area contributed by atoms with E-state index in [1.807, 2.05) is 18.2 Å². The van der Waals surface area contributed by atoms with Crippen LogP contribution in [0.4, 0.5) is 0 Å². The minimum absolute atomic E-state index is 0.0750. The summed E-state index contributed by atoms with van der Waals surface area (Å²) in [5.74, 6) is 1.43. The predicted molar refractivity (Wildman–Crippen MR) is 125 cm³/mol. The lowest BCUT2D eigenvalue weighted by molar-refractivity contribution is 0.147. The molecule has 4 heteroatoms. The normalized spacial score (nSPS) is 22.6. The number of hydrogen-bond acceptors (Lipinski definition) is 4. The lowest BCUT2D eigenvalue weighted by Gasteiger charge is -2.27. The molecule has 31 heavy (non-hydrogen) atoms. The lowest BCUT2D eigenvalue weighted by atomic mass is 9.79. The molecule has 0 aromatic heterocycles. The Balaban J connectivity index is 1.59. The third kappa shape index (κ3) is 7.26. The maximum absolute atomic E-state index is 10.8. The van der Waals surface area contributed by atoms with Crippen molar-refractivity contribution >= 4 is 0 Å². The average molecular weight is 427 g/mol. The molecule has 0 heterocycles. The van der Waals surface area contributed by atoms with Crippen LogP contribution in [0.3, 0.4) is 0 Å². The van der Waals surface area contributed by atoms with Gasteiger partial charge < -0.3 is 20.1 Å². The monoisotopic (exact) mass is 426 g/mol. The van der Waals surface area contributed by atoms with Crippen molar-refractivity contribution in [2.75, 3.05) is 6.61 Å². The van der Waals surface area contributed by atoms with Gasteiger partial charge in [-0.15, -0.1) is 0 Å². The molecular formula is C27H38O4. The summed E-state index contributed by atoms with van der Waals surface area (Å²) < 4.78 is 6.07. The number of aliphatic hydroxyl groups is 2. The summed E-state index contributed by atoms with van der Waals surface area (Å²) in [5, 5.41) is 30.4. The zero-order valence-corrected chi connectivity index (χ0v) is 18.7. The third-order valence-corrected chi connectivity index (χ3v) is 6.60. The second-order valence-corrected chi connectivity index (χ2v) is 9.08. The lowest BCUT2D eigenvalue weighted by Crippen LogP contribution is -2.17. The minimum atomic E-state index is -0.330. The zero-order valence-electron chi connectivity index (χ0n) is 18.7. The number of rotatable bonds is 10. The van der Waals surface area contributed by atoms with E-state index in [2.05, 4.69) is 31.2 Å². The molecule has 4 nitrogen and oxygen atoms in total. The van der Waals surface area contributed by atoms with E-state index in [0.717, 1.165) is 56.9 Å². The van der Waals surface area contributed by atoms with Crippen molar-refractivity contribution in [3.8, 4) is 11.5 Å². The molecule has 170 valence electrons. The van der Waals surface area contributed by atoms with Gasteiger partial charge in [-0.3, -0.25) is 0 Å². The SMILES string of the molecule is C[C@H](CCCc1ccccc1)Oc1ccc(C2CC(O)CCCC2CCCO)c(O)c1. The van der Waals surface area contributed by atoms with Crippen molar-refractivity contribution in [3.63, 3.8) is 0 Å². The Labute approximate surface area is 186 Å². The third-order valence-electron chi connectivity index (χ3n) is 6.60. The van der Waals surface area contributed by atoms with E-state index in [1.165, 1.54) is 5.56 Å². The highest BCUT2D eigenvalue weighted by Gasteiger charge is 2.30. The van der Waals surface area contributed by atoms with Crippen LogP contribution in [-0.4, -0.2) is 34.1 Å². The van der Waals surface area contributed by atoms with Crippen LogP contribution < -0.4 is 4.74 Å². The van der Waals surface area contributed by atoms with Crippen molar-refractivity contribution in [3.05, 3.63) is 59.7 Å². The van der Waals surface area contributed by atoms with Gasteiger partial charge in [0.25, 0.3) is 0 Å². The molecule has 0 spiro atoms. The topological polar surface area (TPSA) is 69.9 Å². The van der Waals surface area contributed by atoms with Gasteiger partial charge in [0, 0.05) is 12.7 Å². The Hall–Kier alpha value is -2.04. The van der Waals surface area contributed by atoms with Crippen LogP contribution in [0.25, 0.3) is 0 Å². The second-order valence-electron chi connectivity index (χ2n) is 9.08. The van der Waals surface area contributed by atoms with Crippen LogP contribution >= 0.6 is 0 Å². The van der Waals surface area contributed by atoms with Gasteiger partial charge in [-0.1, -0.05) is 42.8 Å². The fourth-order valence-electron chi connectivity index (χ4n) is 4.94. The molecule has 1 aliphatic carbocycles. The Morgan fingerprint density at radius 2 is 1.87 bits per heavy atom. The largest absolute Gasteiger partial charge is 0.508 e. The van der Waals surface area contributed by atoms with Crippen LogP contribution in [0.2, 0.25) is 0 Å². The first-order valence-electron chi connectivity index (χ1n) is 11.9. The van der Waals surface area contributed by atoms with Gasteiger partial charge >= 0.3 is 0 Å². The summed E-state index contributed by atoms with van der Waals surface area (Å²) in [7, 11) is 0. The van der Waals surface area contributed by atoms with Gasteiger partial charge in [0.15, 0.2) is 0 Å². The summed E-state index contributed by atoms with van der Waals surface area (Å²) in [4.78, 5) is 0. The first-order valence-corrected chi connectivity index (χ1v) is 11.9. The number of aromatic hydroxyl groups is 1. The summed E-state index contributed by atoms with van der Waals surface area (Å²) in [5.41, 5.74) is 2.24. The Morgan fingerprint density at radius 1 is 1.06 bits per heavy atom. The van der Waals surface area contributed by atoms with Gasteiger partial charge in [-0.2, -0.15) is 0 Å². The van der Waals surface area contributed by atoms with Crippen LogP contribution in [0.5, 0.6) is 11.5 Å². The molecule has 0 radical (unpaired) electrons. The van der Waals surface area contributed by atoms with E-state index in [9.17, 15) is 15.3 Å². The Kier molecular flexibility index (Phi) is 9.23. The smallest absolute Gasteiger partial charge is 0.123 e. The molecule has 1 fully saturated rings. The minimum Gasteiger partial charge on any atom is -0.508 e. The van der Waals surface area contributed by atoms with E-state index in [1.54, 1.807) is 6.07 Å². The Bertz CT molecular complexity index is 774. The fraction of sp³-hybridized carbons (Fsp3) is 0.556. The molecular weight excluding hydrogens is 388 g/mol. The van der Waals surface area contributed by atoms with Crippen molar-refractivity contribution in [2.45, 2.75) is 82.8 Å². The molecule has 1 saturated carbocycles. The predicted octanol–water partition coefficient (Wildman–Crippen LogP) is 5.59. The van der Waals surface area contributed by atoms with Gasteiger partial charge in [0.05, 0.1) is 12.2 Å². The molecule has 0 saturated heterocycles. The maximum Gasteiger partial charge on any atom is 0.123 e. The standard InChI is InChI=1S/C27H38O4/c1-20(8-5-11-21-9-3-2-4-10-21)31-24-15-16-25(27(30)19-24)26-18-23(29)14-6-12-22(26)13-7-17-28/h2-4,9-10,15-16,19-20,22-23,26,28-30H,5-8,11-14,17-18H2,1H3/t20-,22?,23?,26?/m1/s1. The van der Waals surface area contributed by atoms with E-state index in [-0.39, 0.29) is 30.5 Å². The number of phenolic OH excluding ortho intramolecular Hbond substituents is 1. The molecule has 2 aromatic rings. The molecule has 2 aromatic carbocycles. The van der Waals surface area contributed by atoms with Crippen molar-refractivity contribution in [2.24, 2.45) is 5.92 Å². The number of ether oxygens (including phenoxy) is 1. The summed E-state index contributed by atoms with van der Waals surface area (Å²) in [6, 6.07) is 16.1. The highest BCUT2D eigenvalue weighted by molar-refractivity contribution is 5.42. The van der Waals surface area contributed by atoms with Gasteiger partial charge in [-0.05, 0) is 87.3 Å². The van der Waals surface area contributed by atoms with E-state index in [0.29, 0.717) is 18.1 Å². The zero-order chi connectivity index (χ0) is 22.1. The van der Waals surface area contributed by atoms with E-state index in [4.69, 9.17) is 4.74 Å². The first kappa shape index (κ1) is 23.6. The molecule has 1 aliphatic rings. The second kappa shape index (κ2) is 12.1. The number of aryl methyl sites for hydroxylation is 1. The number of benzene rings is 2. The fourth-order valence-corrected chi connectivity index (χ4v) is 4.94. The number of aliphatic hydroxyl groups excluding tert-OH is 2. The highest BCUT2D eigenvalue weighted by atomic mass is 16.5. The van der Waals surface area contributed by atoms with Crippen LogP contribution in [0.1, 0.15) is 75.3 Å². The molecule has 0 aliphatic heterocycles. The summed E-state index contributed by atoms with van der Waals surface area (Å²) in [6.07, 6.45) is 7.98. The van der Waals surface area contributed by atoms with Crippen molar-refractivity contribution < 1.29 is 20.1 Å². The molecule has 0 bridgehead atoms. The van der Waals surface area contributed by atoms with Crippen molar-refractivity contribution in [1.29, 1.82) is 0 Å². The van der Waals surface area contributed by atoms with Crippen LogP contribution in [0.15, 0.2) is 48.5 Å². The molecule has 3 rings (SSSR count). The van der Waals surface area contributed by atoms with E-state index < -0.39 is 0 Å². The van der Waals surface area contributed by atoms with E-state index >= 15 is 0 Å². The maximum atomic E-state index is 10.8. The number of phenols is 1. The van der Waals surface area contributed by atoms with Gasteiger partial charge in [0.2, 0.25) is 0 Å². The molecule has 3 unspecified atom stereocenters.